The van der Waals surface area contributed by atoms with Gasteiger partial charge in [-0.2, -0.15) is 0 Å². The van der Waals surface area contributed by atoms with Gasteiger partial charge in [0.05, 0.1) is 6.61 Å². The molecule has 31 heavy (non-hydrogen) atoms. The van der Waals surface area contributed by atoms with E-state index in [2.05, 4.69) is 20.8 Å². The van der Waals surface area contributed by atoms with Crippen LogP contribution < -0.4 is 5.73 Å². The zero-order chi connectivity index (χ0) is 22.8. The average Bonchev–Trinajstić information content (AvgIpc) is 2.69. The Morgan fingerprint density at radius 2 is 1.87 bits per heavy atom. The van der Waals surface area contributed by atoms with Crippen molar-refractivity contribution in [3.8, 4) is 0 Å². The number of aliphatic hydroxyl groups excluding tert-OH is 2. The summed E-state index contributed by atoms with van der Waals surface area (Å²) in [5.74, 6) is -0.410. The molecule has 0 spiro atoms. The Labute approximate surface area is 188 Å². The number of nitrogens with two attached hydrogens (primary N) is 1. The van der Waals surface area contributed by atoms with Crippen molar-refractivity contribution in [3.63, 3.8) is 0 Å². The third-order valence-corrected chi connectivity index (χ3v) is 6.67. The monoisotopic (exact) mass is 441 g/mol. The predicted molar refractivity (Wildman–Crippen MR) is 125 cm³/mol. The lowest BCUT2D eigenvalue weighted by molar-refractivity contribution is -0.145. The number of nitrogen functional groups attached to an aromatic ring is 1. The van der Waals surface area contributed by atoms with E-state index < -0.39 is 5.97 Å². The molecule has 1 unspecified atom stereocenters. The Kier molecular flexibility index (Phi) is 7.02. The molecule has 0 aliphatic carbocycles. The number of hydrogen-bond acceptors (Lipinski definition) is 6. The number of carbonyl (C=O) groups is 1. The van der Waals surface area contributed by atoms with Crippen molar-refractivity contribution in [2.75, 3.05) is 5.73 Å². The summed E-state index contributed by atoms with van der Waals surface area (Å²) in [5, 5.41) is 20.3. The number of ether oxygens (including phenoxy) is 1. The molecule has 1 aliphatic rings. The highest BCUT2D eigenvalue weighted by Crippen LogP contribution is 2.41. The minimum absolute atomic E-state index is 0.0362. The number of aliphatic hydroxyl groups is 2. The van der Waals surface area contributed by atoms with E-state index in [9.17, 15) is 15.0 Å². The highest BCUT2D eigenvalue weighted by atomic mass is 32.2. The molecule has 6 heteroatoms. The topological polar surface area (TPSA) is 92.8 Å². The minimum Gasteiger partial charge on any atom is -0.511 e. The van der Waals surface area contributed by atoms with Crippen molar-refractivity contribution < 1.29 is 19.7 Å². The molecule has 0 fully saturated rings. The van der Waals surface area contributed by atoms with Gasteiger partial charge in [-0.3, -0.25) is 0 Å². The molecule has 5 nitrogen and oxygen atoms in total. The van der Waals surface area contributed by atoms with Gasteiger partial charge in [0.25, 0.3) is 0 Å². The van der Waals surface area contributed by atoms with Gasteiger partial charge in [0.2, 0.25) is 0 Å². The molecular weight excluding hydrogens is 410 g/mol. The molecule has 1 heterocycles. The lowest BCUT2D eigenvalue weighted by atomic mass is 9.85. The maximum atomic E-state index is 12.7. The Bertz CT molecular complexity index is 990. The highest BCUT2D eigenvalue weighted by molar-refractivity contribution is 8.04. The van der Waals surface area contributed by atoms with Crippen LogP contribution >= 0.6 is 11.8 Å². The summed E-state index contributed by atoms with van der Waals surface area (Å²) in [6.45, 7) is 8.16. The van der Waals surface area contributed by atoms with E-state index >= 15 is 0 Å². The average molecular weight is 442 g/mol. The Morgan fingerprint density at radius 1 is 1.19 bits per heavy atom. The van der Waals surface area contributed by atoms with Gasteiger partial charge in [0.15, 0.2) is 0 Å². The lowest BCUT2D eigenvalue weighted by Gasteiger charge is -2.27. The van der Waals surface area contributed by atoms with Crippen molar-refractivity contribution in [2.45, 2.75) is 70.0 Å². The van der Waals surface area contributed by atoms with Crippen molar-refractivity contribution >= 4 is 23.4 Å². The van der Waals surface area contributed by atoms with E-state index in [-0.39, 0.29) is 28.8 Å². The van der Waals surface area contributed by atoms with Gasteiger partial charge >= 0.3 is 5.97 Å². The van der Waals surface area contributed by atoms with Gasteiger partial charge in [-0.15, -0.1) is 0 Å². The number of esters is 1. The molecule has 1 aliphatic heterocycles. The zero-order valence-corrected chi connectivity index (χ0v) is 19.4. The Morgan fingerprint density at radius 3 is 2.45 bits per heavy atom. The summed E-state index contributed by atoms with van der Waals surface area (Å²) in [7, 11) is 0. The summed E-state index contributed by atoms with van der Waals surface area (Å²) in [6.07, 6.45) is 1.33. The van der Waals surface area contributed by atoms with Crippen LogP contribution in [-0.4, -0.2) is 22.3 Å². The van der Waals surface area contributed by atoms with Crippen molar-refractivity contribution in [1.29, 1.82) is 0 Å². The van der Waals surface area contributed by atoms with Gasteiger partial charge in [0, 0.05) is 17.0 Å². The van der Waals surface area contributed by atoms with Crippen LogP contribution in [-0.2, 0) is 28.0 Å². The van der Waals surface area contributed by atoms with Gasteiger partial charge in [-0.05, 0) is 65.6 Å². The van der Waals surface area contributed by atoms with Crippen LogP contribution in [0.25, 0.3) is 0 Å². The first kappa shape index (κ1) is 23.2. The molecule has 2 aromatic carbocycles. The van der Waals surface area contributed by atoms with Crippen molar-refractivity contribution in [2.24, 2.45) is 0 Å². The maximum absolute atomic E-state index is 12.7. The molecule has 3 rings (SSSR count). The van der Waals surface area contributed by atoms with Gasteiger partial charge < -0.3 is 20.7 Å². The van der Waals surface area contributed by atoms with E-state index in [0.29, 0.717) is 18.5 Å². The molecule has 0 aromatic heterocycles. The number of rotatable bonds is 6. The first-order chi connectivity index (χ1) is 14.6. The van der Waals surface area contributed by atoms with Gasteiger partial charge in [-0.1, -0.05) is 50.7 Å². The third-order valence-electron chi connectivity index (χ3n) is 5.51. The number of carbonyl (C=O) groups excluding carboxylic acids is 1. The second kappa shape index (κ2) is 9.37. The smallest absolute Gasteiger partial charge is 0.348 e. The second-order valence-corrected chi connectivity index (χ2v) is 10.1. The Balaban J connectivity index is 1.78. The van der Waals surface area contributed by atoms with E-state index in [1.807, 2.05) is 43.3 Å². The van der Waals surface area contributed by atoms with E-state index in [1.54, 1.807) is 0 Å². The van der Waals surface area contributed by atoms with Crippen LogP contribution in [0.1, 0.15) is 55.9 Å². The first-order valence-electron chi connectivity index (χ1n) is 10.5. The van der Waals surface area contributed by atoms with E-state index in [0.717, 1.165) is 33.6 Å². The minimum atomic E-state index is -0.486. The van der Waals surface area contributed by atoms with Crippen LogP contribution in [0.5, 0.6) is 0 Å². The van der Waals surface area contributed by atoms with Gasteiger partial charge in [0.1, 0.15) is 16.8 Å². The number of cyclic esters (lactones) is 1. The molecule has 0 saturated carbocycles. The van der Waals surface area contributed by atoms with Crippen molar-refractivity contribution in [3.05, 3.63) is 69.3 Å². The fourth-order valence-corrected chi connectivity index (χ4v) is 4.89. The summed E-state index contributed by atoms with van der Waals surface area (Å²) < 4.78 is 5.65. The number of benzene rings is 2. The Hall–Kier alpha value is -2.44. The molecular formula is C25H31NO4S. The van der Waals surface area contributed by atoms with Crippen LogP contribution in [0.3, 0.4) is 0 Å². The quantitative estimate of drug-likeness (QED) is 0.423. The zero-order valence-electron chi connectivity index (χ0n) is 18.6. The fourth-order valence-electron chi connectivity index (χ4n) is 3.62. The number of anilines is 1. The summed E-state index contributed by atoms with van der Waals surface area (Å²) in [4.78, 5) is 13.9. The molecule has 2 aromatic rings. The SMILES string of the molecule is Cc1cc(SC2=C(O)CC(CCc3ccc(N)cc3)OC2=O)c(C(C)(C)C)cc1CO. The van der Waals surface area contributed by atoms with Crippen LogP contribution in [0.2, 0.25) is 0 Å². The van der Waals surface area contributed by atoms with Crippen LogP contribution in [0.4, 0.5) is 5.69 Å². The largest absolute Gasteiger partial charge is 0.511 e. The summed E-state index contributed by atoms with van der Waals surface area (Å²) >= 11 is 1.25. The fraction of sp³-hybridized carbons (Fsp3) is 0.400. The normalized spacial score (nSPS) is 17.1. The summed E-state index contributed by atoms with van der Waals surface area (Å²) in [6, 6.07) is 11.6. The maximum Gasteiger partial charge on any atom is 0.348 e. The first-order valence-corrected chi connectivity index (χ1v) is 11.3. The number of aryl methyl sites for hydroxylation is 2. The molecule has 0 amide bonds. The van der Waals surface area contributed by atoms with E-state index in [4.69, 9.17) is 10.5 Å². The highest BCUT2D eigenvalue weighted by Gasteiger charge is 2.31. The summed E-state index contributed by atoms with van der Waals surface area (Å²) in [5.41, 5.74) is 10.2. The number of hydrogen-bond donors (Lipinski definition) is 3. The second-order valence-electron chi connectivity index (χ2n) is 9.07. The molecule has 0 radical (unpaired) electrons. The molecule has 1 atom stereocenters. The lowest BCUT2D eigenvalue weighted by Crippen LogP contribution is -2.26. The molecule has 4 N–H and O–H groups in total. The molecule has 0 bridgehead atoms. The third kappa shape index (κ3) is 5.63. The number of thioether (sulfide) groups is 1. The predicted octanol–water partition coefficient (Wildman–Crippen LogP) is 5.18. The van der Waals surface area contributed by atoms with Crippen LogP contribution in [0.15, 0.2) is 52.0 Å². The molecule has 166 valence electrons. The van der Waals surface area contributed by atoms with Crippen molar-refractivity contribution in [1.82, 2.24) is 0 Å². The molecule has 0 saturated heterocycles. The van der Waals surface area contributed by atoms with E-state index in [1.165, 1.54) is 11.8 Å². The standard InChI is InChI=1S/C25H31NO4S/c1-15-11-22(20(25(2,3)4)12-17(15)14-27)31-23-21(28)13-19(30-24(23)29)10-7-16-5-8-18(26)9-6-16/h5-6,8-9,11-12,19,27-28H,7,10,13-14,26H2,1-4H3. The van der Waals surface area contributed by atoms with Crippen LogP contribution in [0, 0.1) is 6.92 Å². The van der Waals surface area contributed by atoms with Gasteiger partial charge in [-0.25, -0.2) is 4.79 Å².